The van der Waals surface area contributed by atoms with Crippen LogP contribution in [0.2, 0.25) is 0 Å². The van der Waals surface area contributed by atoms with Crippen molar-refractivity contribution in [1.29, 1.82) is 0 Å². The smallest absolute Gasteiger partial charge is 0.291 e. The summed E-state index contributed by atoms with van der Waals surface area (Å²) in [6, 6.07) is 20.2. The van der Waals surface area contributed by atoms with Crippen molar-refractivity contribution in [1.82, 2.24) is 5.32 Å². The second-order valence-corrected chi connectivity index (χ2v) is 6.50. The zero-order valence-corrected chi connectivity index (χ0v) is 15.0. The minimum atomic E-state index is -0.391. The van der Waals surface area contributed by atoms with E-state index in [9.17, 15) is 9.59 Å². The van der Waals surface area contributed by atoms with Gasteiger partial charge < -0.3 is 15.1 Å². The summed E-state index contributed by atoms with van der Waals surface area (Å²) in [6.07, 6.45) is 0. The summed E-state index contributed by atoms with van der Waals surface area (Å²) in [5.41, 5.74) is 0.836. The number of nitrogens with one attached hydrogen (secondary N) is 2. The fraction of sp³-hybridized carbons (Fsp3) is 0.100. The third-order valence-corrected chi connectivity index (χ3v) is 4.69. The Balaban J connectivity index is 1.66. The Labute approximate surface area is 155 Å². The number of anilines is 1. The summed E-state index contributed by atoms with van der Waals surface area (Å²) < 4.78 is 5.63. The Morgan fingerprint density at radius 3 is 2.42 bits per heavy atom. The molecule has 0 bridgehead atoms. The standard InChI is InChI=1S/C20H18N2O3S/c1-21-19(23)16-9-5-6-10-17(16)22-20(24)18-12-11-14(25-18)13-26-15-7-3-2-4-8-15/h2-12H,13H2,1H3,(H,21,23)(H,22,24). The van der Waals surface area contributed by atoms with Gasteiger partial charge in [-0.05, 0) is 36.4 Å². The lowest BCUT2D eigenvalue weighted by molar-refractivity contribution is 0.0964. The quantitative estimate of drug-likeness (QED) is 0.642. The third kappa shape index (κ3) is 4.34. The monoisotopic (exact) mass is 366 g/mol. The number of carbonyl (C=O) groups is 2. The van der Waals surface area contributed by atoms with Crippen LogP contribution in [0.5, 0.6) is 0 Å². The van der Waals surface area contributed by atoms with Gasteiger partial charge in [-0.2, -0.15) is 0 Å². The third-order valence-electron chi connectivity index (χ3n) is 3.66. The molecule has 2 aromatic carbocycles. The van der Waals surface area contributed by atoms with E-state index in [-0.39, 0.29) is 11.7 Å². The van der Waals surface area contributed by atoms with Gasteiger partial charge in [0.1, 0.15) is 5.76 Å². The first-order valence-corrected chi connectivity index (χ1v) is 9.05. The lowest BCUT2D eigenvalue weighted by Crippen LogP contribution is -2.21. The molecule has 5 nitrogen and oxygen atoms in total. The van der Waals surface area contributed by atoms with Gasteiger partial charge in [0.2, 0.25) is 0 Å². The molecule has 0 atom stereocenters. The molecule has 26 heavy (non-hydrogen) atoms. The number of thioether (sulfide) groups is 1. The second-order valence-electron chi connectivity index (χ2n) is 5.45. The molecule has 0 saturated heterocycles. The molecule has 2 amide bonds. The zero-order chi connectivity index (χ0) is 18.4. The molecule has 132 valence electrons. The van der Waals surface area contributed by atoms with Gasteiger partial charge in [-0.1, -0.05) is 30.3 Å². The van der Waals surface area contributed by atoms with Crippen LogP contribution in [0.4, 0.5) is 5.69 Å². The van der Waals surface area contributed by atoms with Crippen molar-refractivity contribution in [2.24, 2.45) is 0 Å². The number of carbonyl (C=O) groups excluding carboxylic acids is 2. The maximum Gasteiger partial charge on any atom is 0.291 e. The molecule has 0 aliphatic heterocycles. The highest BCUT2D eigenvalue weighted by Crippen LogP contribution is 2.24. The van der Waals surface area contributed by atoms with Crippen LogP contribution in [0.15, 0.2) is 76.0 Å². The second kappa shape index (κ2) is 8.40. The van der Waals surface area contributed by atoms with Crippen LogP contribution in [0.1, 0.15) is 26.7 Å². The minimum absolute atomic E-state index is 0.209. The predicted octanol–water partition coefficient (Wildman–Crippen LogP) is 4.18. The Kier molecular flexibility index (Phi) is 5.76. The van der Waals surface area contributed by atoms with Gasteiger partial charge >= 0.3 is 0 Å². The first-order chi connectivity index (χ1) is 12.7. The molecule has 2 N–H and O–H groups in total. The van der Waals surface area contributed by atoms with E-state index in [4.69, 9.17) is 4.42 Å². The number of hydrogen-bond acceptors (Lipinski definition) is 4. The molecule has 6 heteroatoms. The van der Waals surface area contributed by atoms with Gasteiger partial charge in [0.05, 0.1) is 17.0 Å². The zero-order valence-electron chi connectivity index (χ0n) is 14.2. The molecular weight excluding hydrogens is 348 g/mol. The van der Waals surface area contributed by atoms with E-state index < -0.39 is 5.91 Å². The lowest BCUT2D eigenvalue weighted by Gasteiger charge is -2.08. The first-order valence-electron chi connectivity index (χ1n) is 8.06. The van der Waals surface area contributed by atoms with Crippen molar-refractivity contribution in [2.75, 3.05) is 12.4 Å². The molecular formula is C20H18N2O3S. The van der Waals surface area contributed by atoms with Crippen molar-refractivity contribution in [3.63, 3.8) is 0 Å². The van der Waals surface area contributed by atoms with E-state index in [1.807, 2.05) is 30.3 Å². The summed E-state index contributed by atoms with van der Waals surface area (Å²) in [4.78, 5) is 25.4. The van der Waals surface area contributed by atoms with Crippen molar-refractivity contribution >= 4 is 29.3 Å². The van der Waals surface area contributed by atoms with Crippen LogP contribution in [-0.2, 0) is 5.75 Å². The highest BCUT2D eigenvalue weighted by atomic mass is 32.2. The number of rotatable bonds is 6. The van der Waals surface area contributed by atoms with E-state index in [0.717, 1.165) is 4.90 Å². The van der Waals surface area contributed by atoms with E-state index >= 15 is 0 Å². The molecule has 1 heterocycles. The van der Waals surface area contributed by atoms with Crippen LogP contribution < -0.4 is 10.6 Å². The maximum atomic E-state index is 12.4. The molecule has 0 radical (unpaired) electrons. The molecule has 0 spiro atoms. The maximum absolute atomic E-state index is 12.4. The fourth-order valence-corrected chi connectivity index (χ4v) is 3.17. The summed E-state index contributed by atoms with van der Waals surface area (Å²) in [7, 11) is 1.55. The van der Waals surface area contributed by atoms with E-state index in [1.165, 1.54) is 0 Å². The van der Waals surface area contributed by atoms with Gasteiger partial charge in [0.25, 0.3) is 11.8 Å². The molecule has 0 aliphatic rings. The normalized spacial score (nSPS) is 10.3. The molecule has 0 aliphatic carbocycles. The average molecular weight is 366 g/mol. The molecule has 0 fully saturated rings. The lowest BCUT2D eigenvalue weighted by atomic mass is 10.1. The number of para-hydroxylation sites is 1. The van der Waals surface area contributed by atoms with Crippen LogP contribution in [0.25, 0.3) is 0 Å². The van der Waals surface area contributed by atoms with Crippen molar-refractivity contribution in [3.8, 4) is 0 Å². The van der Waals surface area contributed by atoms with Crippen LogP contribution in [0.3, 0.4) is 0 Å². The summed E-state index contributed by atoms with van der Waals surface area (Å²) in [5, 5.41) is 5.28. The molecule has 3 rings (SSSR count). The summed E-state index contributed by atoms with van der Waals surface area (Å²) in [5.74, 6) is 0.896. The highest BCUT2D eigenvalue weighted by Gasteiger charge is 2.15. The summed E-state index contributed by atoms with van der Waals surface area (Å²) >= 11 is 1.63. The summed E-state index contributed by atoms with van der Waals surface area (Å²) in [6.45, 7) is 0. The van der Waals surface area contributed by atoms with Crippen molar-refractivity contribution in [2.45, 2.75) is 10.6 Å². The molecule has 3 aromatic rings. The van der Waals surface area contributed by atoms with Crippen LogP contribution in [-0.4, -0.2) is 18.9 Å². The van der Waals surface area contributed by atoms with E-state index in [2.05, 4.69) is 10.6 Å². The SMILES string of the molecule is CNC(=O)c1ccccc1NC(=O)c1ccc(CSc2ccccc2)o1. The van der Waals surface area contributed by atoms with Crippen LogP contribution in [0, 0.1) is 0 Å². The van der Waals surface area contributed by atoms with Gasteiger partial charge in [0, 0.05) is 11.9 Å². The Hall–Kier alpha value is -2.99. The van der Waals surface area contributed by atoms with Gasteiger partial charge in [-0.15, -0.1) is 11.8 Å². The largest absolute Gasteiger partial charge is 0.455 e. The highest BCUT2D eigenvalue weighted by molar-refractivity contribution is 7.98. The number of furan rings is 1. The molecule has 0 unspecified atom stereocenters. The molecule has 1 aromatic heterocycles. The minimum Gasteiger partial charge on any atom is -0.455 e. The van der Waals surface area contributed by atoms with Gasteiger partial charge in [0.15, 0.2) is 5.76 Å². The van der Waals surface area contributed by atoms with E-state index in [0.29, 0.717) is 22.8 Å². The van der Waals surface area contributed by atoms with Gasteiger partial charge in [-0.25, -0.2) is 0 Å². The Morgan fingerprint density at radius 1 is 0.923 bits per heavy atom. The van der Waals surface area contributed by atoms with Crippen molar-refractivity contribution in [3.05, 3.63) is 83.8 Å². The number of amides is 2. The van der Waals surface area contributed by atoms with Crippen molar-refractivity contribution < 1.29 is 14.0 Å². The van der Waals surface area contributed by atoms with Crippen LogP contribution >= 0.6 is 11.8 Å². The fourth-order valence-electron chi connectivity index (χ4n) is 2.36. The number of benzene rings is 2. The molecule has 0 saturated carbocycles. The van der Waals surface area contributed by atoms with Gasteiger partial charge in [-0.3, -0.25) is 9.59 Å². The Morgan fingerprint density at radius 2 is 1.65 bits per heavy atom. The predicted molar refractivity (Wildman–Crippen MR) is 102 cm³/mol. The Bertz CT molecular complexity index is 906. The van der Waals surface area contributed by atoms with E-state index in [1.54, 1.807) is 55.2 Å². The topological polar surface area (TPSA) is 71.3 Å². The average Bonchev–Trinajstić information content (AvgIpc) is 3.16. The number of hydrogen-bond donors (Lipinski definition) is 2. The first kappa shape index (κ1) is 17.8.